The molecule has 61 heavy (non-hydrogen) atoms. The number of ether oxygens (including phenoxy) is 5. The molecule has 3 aromatic carbocycles. The van der Waals surface area contributed by atoms with Crippen LogP contribution < -0.4 is 34.6 Å². The summed E-state index contributed by atoms with van der Waals surface area (Å²) in [7, 11) is 4.55. The third-order valence-electron chi connectivity index (χ3n) is 10.0. The van der Waals surface area contributed by atoms with Crippen LogP contribution in [0.25, 0.3) is 21.9 Å². The Morgan fingerprint density at radius 2 is 1.15 bits per heavy atom. The first-order valence-corrected chi connectivity index (χ1v) is 20.5. The highest BCUT2D eigenvalue weighted by Gasteiger charge is 2.19. The van der Waals surface area contributed by atoms with Crippen LogP contribution in [0, 0.1) is 9.41 Å². The molecule has 0 aliphatic heterocycles. The lowest BCUT2D eigenvalue weighted by molar-refractivity contribution is 0.154. The average molecular weight is 869 g/mol. The summed E-state index contributed by atoms with van der Waals surface area (Å²) < 4.78 is 40.1. The summed E-state index contributed by atoms with van der Waals surface area (Å²) in [5.41, 5.74) is 5.65. The van der Waals surface area contributed by atoms with Gasteiger partial charge in [-0.2, -0.15) is 4.98 Å². The molecule has 0 aliphatic carbocycles. The van der Waals surface area contributed by atoms with Gasteiger partial charge in [-0.05, 0) is 106 Å². The Hall–Kier alpha value is -6.46. The molecule has 0 saturated heterocycles. The van der Waals surface area contributed by atoms with Crippen LogP contribution in [0.1, 0.15) is 49.9 Å². The van der Waals surface area contributed by atoms with Gasteiger partial charge < -0.3 is 42.3 Å². The van der Waals surface area contributed by atoms with E-state index in [2.05, 4.69) is 58.1 Å². The number of benzene rings is 3. The van der Waals surface area contributed by atoms with Crippen LogP contribution in [0.4, 0.5) is 32.7 Å². The molecule has 0 bridgehead atoms. The number of hydrogen-bond donors (Lipinski definition) is 2. The highest BCUT2D eigenvalue weighted by atomic mass is 32.1. The van der Waals surface area contributed by atoms with Gasteiger partial charge in [-0.25, -0.2) is 14.6 Å². The molecular formula is C44H48N6O9S2. The van der Waals surface area contributed by atoms with Crippen molar-refractivity contribution < 1.29 is 42.1 Å². The maximum atomic E-state index is 13.5. The summed E-state index contributed by atoms with van der Waals surface area (Å²) in [6.07, 6.45) is 0.0361. The largest absolute Gasteiger partial charge is 0.493 e. The third-order valence-corrected chi connectivity index (χ3v) is 10.4. The van der Waals surface area contributed by atoms with E-state index in [0.717, 1.165) is 53.9 Å². The molecule has 0 fully saturated rings. The van der Waals surface area contributed by atoms with Gasteiger partial charge in [0.2, 0.25) is 11.7 Å². The molecule has 0 saturated carbocycles. The first-order valence-electron chi connectivity index (χ1n) is 19.7. The Balaban J connectivity index is 1.23. The lowest BCUT2D eigenvalue weighted by Crippen LogP contribution is -2.21. The maximum absolute atomic E-state index is 13.5. The first-order chi connectivity index (χ1) is 29.5. The SMILES string of the molecule is CCN(CC)c1ccc2c(COC(=O)Nc3ncc(Cc4cc(OC)c(OC)c(OC)c4)c(NC(=O)OCc4cc(=S)oc5cc(N(CC)CC)ccc45)n3)cc(=S)oc2c1. The molecule has 0 unspecified atom stereocenters. The van der Waals surface area contributed by atoms with Crippen LogP contribution in [0.5, 0.6) is 17.2 Å². The molecule has 15 nitrogen and oxygen atoms in total. The minimum absolute atomic E-state index is 0.0696. The van der Waals surface area contributed by atoms with Crippen LogP contribution in [0.15, 0.2) is 75.7 Å². The van der Waals surface area contributed by atoms with Crippen molar-refractivity contribution in [1.29, 1.82) is 0 Å². The number of carbonyl (C=O) groups is 2. The molecular weight excluding hydrogens is 821 g/mol. The molecule has 0 radical (unpaired) electrons. The molecule has 0 aliphatic rings. The van der Waals surface area contributed by atoms with Crippen molar-refractivity contribution in [3.05, 3.63) is 98.5 Å². The molecule has 2 N–H and O–H groups in total. The fourth-order valence-corrected chi connectivity index (χ4v) is 7.42. The number of aromatic nitrogens is 2. The summed E-state index contributed by atoms with van der Waals surface area (Å²) in [5.74, 6) is 1.23. The number of anilines is 4. The zero-order valence-electron chi connectivity index (χ0n) is 35.1. The molecule has 0 atom stereocenters. The molecule has 6 rings (SSSR count). The lowest BCUT2D eigenvalue weighted by Gasteiger charge is -2.21. The molecule has 3 aromatic heterocycles. The molecule has 2 amide bonds. The van der Waals surface area contributed by atoms with Crippen LogP contribution >= 0.6 is 24.4 Å². The highest BCUT2D eigenvalue weighted by Crippen LogP contribution is 2.39. The van der Waals surface area contributed by atoms with Crippen molar-refractivity contribution in [1.82, 2.24) is 9.97 Å². The van der Waals surface area contributed by atoms with E-state index in [-0.39, 0.29) is 40.8 Å². The standard InChI is InChI=1S/C44H48N6O9S2/c1-8-49(9-2)30-12-14-32-28(19-38(60)58-34(32)21-30)24-56-43(51)47-41-27(16-26-17-36(53-5)40(55-7)37(18-26)54-6)23-45-42(46-41)48-44(52)57-25-29-20-39(61)59-35-22-31(13-15-33(29)35)50(10-3)11-4/h12-15,17-23H,8-11,16,24-25H2,1-7H3,(H2,45,46,47,48,51,52). The molecule has 6 aromatic rings. The summed E-state index contributed by atoms with van der Waals surface area (Å²) >= 11 is 10.8. The van der Waals surface area contributed by atoms with Crippen molar-refractivity contribution in [3.63, 3.8) is 0 Å². The van der Waals surface area contributed by atoms with Gasteiger partial charge in [-0.3, -0.25) is 10.6 Å². The third kappa shape index (κ3) is 10.5. The number of rotatable bonds is 17. The highest BCUT2D eigenvalue weighted by molar-refractivity contribution is 7.71. The van der Waals surface area contributed by atoms with Gasteiger partial charge in [0.25, 0.3) is 0 Å². The average Bonchev–Trinajstić information content (AvgIpc) is 3.25. The van der Waals surface area contributed by atoms with Gasteiger partial charge in [0.15, 0.2) is 20.9 Å². The van der Waals surface area contributed by atoms with Crippen LogP contribution in [-0.4, -0.2) is 69.7 Å². The Morgan fingerprint density at radius 3 is 1.61 bits per heavy atom. The number of nitrogens with one attached hydrogen (secondary N) is 2. The predicted octanol–water partition coefficient (Wildman–Crippen LogP) is 10.2. The minimum Gasteiger partial charge on any atom is -0.493 e. The van der Waals surface area contributed by atoms with Gasteiger partial charge in [-0.15, -0.1) is 0 Å². The smallest absolute Gasteiger partial charge is 0.414 e. The Labute approximate surface area is 363 Å². The van der Waals surface area contributed by atoms with Gasteiger partial charge in [0.05, 0.1) is 21.3 Å². The van der Waals surface area contributed by atoms with Gasteiger partial charge >= 0.3 is 12.2 Å². The summed E-state index contributed by atoms with van der Waals surface area (Å²) in [6, 6.07) is 18.5. The fourth-order valence-electron chi connectivity index (χ4n) is 6.96. The second kappa shape index (κ2) is 20.2. The summed E-state index contributed by atoms with van der Waals surface area (Å²) in [5, 5.41) is 6.79. The van der Waals surface area contributed by atoms with Crippen LogP contribution in [0.3, 0.4) is 0 Å². The number of amides is 2. The normalized spacial score (nSPS) is 10.9. The Bertz CT molecular complexity index is 2640. The number of hydrogen-bond acceptors (Lipinski definition) is 15. The van der Waals surface area contributed by atoms with Crippen molar-refractivity contribution in [2.45, 2.75) is 47.3 Å². The number of methoxy groups -OCH3 is 3. The zero-order chi connectivity index (χ0) is 43.6. The number of carbonyl (C=O) groups excluding carboxylic acids is 2. The van der Waals surface area contributed by atoms with E-state index in [1.807, 2.05) is 36.4 Å². The first kappa shape index (κ1) is 44.1. The molecule has 0 spiro atoms. The Kier molecular flexibility index (Phi) is 14.6. The van der Waals surface area contributed by atoms with Crippen molar-refractivity contribution >= 4 is 81.7 Å². The maximum Gasteiger partial charge on any atom is 0.414 e. The van der Waals surface area contributed by atoms with Gasteiger partial charge in [-0.1, -0.05) is 0 Å². The number of fused-ring (bicyclic) bond motifs is 2. The number of nitrogens with zero attached hydrogens (tertiary/aromatic N) is 4. The van der Waals surface area contributed by atoms with E-state index in [4.69, 9.17) is 57.0 Å². The zero-order valence-corrected chi connectivity index (χ0v) is 36.7. The van der Waals surface area contributed by atoms with E-state index in [9.17, 15) is 9.59 Å². The van der Waals surface area contributed by atoms with Gasteiger partial charge in [0, 0.05) is 89.8 Å². The fraction of sp³-hybridized carbons (Fsp3) is 0.318. The Morgan fingerprint density at radius 1 is 0.656 bits per heavy atom. The van der Waals surface area contributed by atoms with E-state index in [1.165, 1.54) is 27.5 Å². The minimum atomic E-state index is -0.837. The molecule has 3 heterocycles. The molecule has 17 heteroatoms. The second-order valence-electron chi connectivity index (χ2n) is 13.6. The van der Waals surface area contributed by atoms with Gasteiger partial charge in [0.1, 0.15) is 30.2 Å². The lowest BCUT2D eigenvalue weighted by atomic mass is 10.1. The second-order valence-corrected chi connectivity index (χ2v) is 14.4. The van der Waals surface area contributed by atoms with Crippen molar-refractivity contribution in [3.8, 4) is 17.2 Å². The predicted molar refractivity (Wildman–Crippen MR) is 240 cm³/mol. The van der Waals surface area contributed by atoms with Crippen molar-refractivity contribution in [2.75, 3.05) is 67.9 Å². The van der Waals surface area contributed by atoms with Crippen molar-refractivity contribution in [2.24, 2.45) is 0 Å². The topological polar surface area (TPSA) is 163 Å². The van der Waals surface area contributed by atoms with Crippen LogP contribution in [-0.2, 0) is 29.1 Å². The van der Waals surface area contributed by atoms with Crippen LogP contribution in [0.2, 0.25) is 0 Å². The van der Waals surface area contributed by atoms with E-state index >= 15 is 0 Å². The summed E-state index contributed by atoms with van der Waals surface area (Å²) in [4.78, 5) is 39.9. The monoisotopic (exact) mass is 868 g/mol. The summed E-state index contributed by atoms with van der Waals surface area (Å²) in [6.45, 7) is 11.4. The van der Waals surface area contributed by atoms with E-state index in [0.29, 0.717) is 45.1 Å². The quantitative estimate of drug-likeness (QED) is 0.0832. The van der Waals surface area contributed by atoms with E-state index < -0.39 is 12.2 Å². The molecule has 320 valence electrons. The van der Waals surface area contributed by atoms with E-state index in [1.54, 1.807) is 24.3 Å².